The Bertz CT molecular complexity index is 407. The standard InChI is InChI=1S/C16H29N3O3/c1-5-8-17-14(21)12-6-9-19(10-7-12)13(20)11-18-15(22)16(2,3)4/h12H,5-11H2,1-4H3,(H,17,21)(H,18,22). The summed E-state index contributed by atoms with van der Waals surface area (Å²) in [5.41, 5.74) is -0.495. The number of carbonyl (C=O) groups is 3. The van der Waals surface area contributed by atoms with Gasteiger partial charge in [-0.2, -0.15) is 0 Å². The lowest BCUT2D eigenvalue weighted by Crippen LogP contribution is -2.47. The van der Waals surface area contributed by atoms with Crippen molar-refractivity contribution in [2.24, 2.45) is 11.3 Å². The van der Waals surface area contributed by atoms with E-state index in [1.165, 1.54) is 0 Å². The van der Waals surface area contributed by atoms with E-state index in [4.69, 9.17) is 0 Å². The second-order valence-corrected chi connectivity index (χ2v) is 6.88. The van der Waals surface area contributed by atoms with Crippen LogP contribution in [0.15, 0.2) is 0 Å². The molecule has 0 aliphatic carbocycles. The van der Waals surface area contributed by atoms with E-state index in [-0.39, 0.29) is 30.2 Å². The summed E-state index contributed by atoms with van der Waals surface area (Å²) in [4.78, 5) is 37.5. The van der Waals surface area contributed by atoms with Gasteiger partial charge in [-0.05, 0) is 19.3 Å². The molecule has 0 saturated carbocycles. The SMILES string of the molecule is CCCNC(=O)C1CCN(C(=O)CNC(=O)C(C)(C)C)CC1. The maximum Gasteiger partial charge on any atom is 0.241 e. The van der Waals surface area contributed by atoms with Crippen LogP contribution in [0.3, 0.4) is 0 Å². The molecule has 1 aliphatic rings. The van der Waals surface area contributed by atoms with Crippen molar-refractivity contribution < 1.29 is 14.4 Å². The third-order valence-corrected chi connectivity index (χ3v) is 3.85. The van der Waals surface area contributed by atoms with Gasteiger partial charge in [0.25, 0.3) is 0 Å². The number of amides is 3. The van der Waals surface area contributed by atoms with E-state index in [0.29, 0.717) is 32.5 Å². The average molecular weight is 311 g/mol. The molecule has 0 radical (unpaired) electrons. The molecule has 0 aromatic carbocycles. The molecule has 1 heterocycles. The molecule has 1 fully saturated rings. The molecule has 126 valence electrons. The molecule has 0 aromatic rings. The zero-order chi connectivity index (χ0) is 16.8. The first kappa shape index (κ1) is 18.5. The van der Waals surface area contributed by atoms with Crippen molar-refractivity contribution in [3.05, 3.63) is 0 Å². The van der Waals surface area contributed by atoms with Crippen molar-refractivity contribution in [1.82, 2.24) is 15.5 Å². The van der Waals surface area contributed by atoms with Crippen molar-refractivity contribution >= 4 is 17.7 Å². The summed E-state index contributed by atoms with van der Waals surface area (Å²) in [5.74, 6) is -0.116. The molecule has 6 nitrogen and oxygen atoms in total. The molecule has 0 aromatic heterocycles. The number of rotatable bonds is 5. The van der Waals surface area contributed by atoms with Crippen molar-refractivity contribution in [2.45, 2.75) is 47.0 Å². The first-order valence-corrected chi connectivity index (χ1v) is 8.09. The minimum absolute atomic E-state index is 0.000216. The van der Waals surface area contributed by atoms with Crippen LogP contribution in [0, 0.1) is 11.3 Å². The number of piperidine rings is 1. The largest absolute Gasteiger partial charge is 0.356 e. The van der Waals surface area contributed by atoms with Crippen molar-refractivity contribution in [3.63, 3.8) is 0 Å². The van der Waals surface area contributed by atoms with E-state index < -0.39 is 5.41 Å². The predicted octanol–water partition coefficient (Wildman–Crippen LogP) is 0.914. The highest BCUT2D eigenvalue weighted by atomic mass is 16.2. The summed E-state index contributed by atoms with van der Waals surface area (Å²) >= 11 is 0. The van der Waals surface area contributed by atoms with Gasteiger partial charge in [0.2, 0.25) is 17.7 Å². The van der Waals surface area contributed by atoms with E-state index >= 15 is 0 Å². The number of nitrogens with zero attached hydrogens (tertiary/aromatic N) is 1. The minimum atomic E-state index is -0.495. The molecule has 22 heavy (non-hydrogen) atoms. The van der Waals surface area contributed by atoms with E-state index in [1.54, 1.807) is 4.90 Å². The fourth-order valence-corrected chi connectivity index (χ4v) is 2.32. The maximum absolute atomic E-state index is 12.1. The number of hydrogen-bond donors (Lipinski definition) is 2. The zero-order valence-corrected chi connectivity index (χ0v) is 14.2. The van der Waals surface area contributed by atoms with Gasteiger partial charge >= 0.3 is 0 Å². The zero-order valence-electron chi connectivity index (χ0n) is 14.2. The first-order chi connectivity index (χ1) is 10.3. The first-order valence-electron chi connectivity index (χ1n) is 8.09. The Morgan fingerprint density at radius 2 is 1.68 bits per heavy atom. The topological polar surface area (TPSA) is 78.5 Å². The lowest BCUT2D eigenvalue weighted by atomic mass is 9.95. The van der Waals surface area contributed by atoms with E-state index in [2.05, 4.69) is 10.6 Å². The molecule has 0 spiro atoms. The highest BCUT2D eigenvalue weighted by Gasteiger charge is 2.28. The third-order valence-electron chi connectivity index (χ3n) is 3.85. The van der Waals surface area contributed by atoms with Crippen LogP contribution in [0.2, 0.25) is 0 Å². The lowest BCUT2D eigenvalue weighted by molar-refractivity contribution is -0.137. The normalized spacial score (nSPS) is 16.3. The van der Waals surface area contributed by atoms with Gasteiger partial charge in [0.1, 0.15) is 0 Å². The molecule has 0 unspecified atom stereocenters. The highest BCUT2D eigenvalue weighted by Crippen LogP contribution is 2.17. The summed E-state index contributed by atoms with van der Waals surface area (Å²) in [6, 6.07) is 0. The Labute approximate surface area is 133 Å². The maximum atomic E-state index is 12.1. The quantitative estimate of drug-likeness (QED) is 0.792. The second kappa shape index (κ2) is 8.15. The molecule has 1 rings (SSSR count). The van der Waals surface area contributed by atoms with Crippen LogP contribution in [0.5, 0.6) is 0 Å². The van der Waals surface area contributed by atoms with Crippen LogP contribution in [0.25, 0.3) is 0 Å². The number of carbonyl (C=O) groups excluding carboxylic acids is 3. The molecule has 0 atom stereocenters. The number of hydrogen-bond acceptors (Lipinski definition) is 3. The molecule has 1 aliphatic heterocycles. The van der Waals surface area contributed by atoms with Gasteiger partial charge in [0, 0.05) is 31.0 Å². The Hall–Kier alpha value is -1.59. The van der Waals surface area contributed by atoms with Gasteiger partial charge in [0.15, 0.2) is 0 Å². The summed E-state index contributed by atoms with van der Waals surface area (Å²) in [5, 5.41) is 5.58. The Kier molecular flexibility index (Phi) is 6.84. The number of nitrogens with one attached hydrogen (secondary N) is 2. The Morgan fingerprint density at radius 3 is 2.18 bits per heavy atom. The van der Waals surface area contributed by atoms with E-state index in [1.807, 2.05) is 27.7 Å². The Morgan fingerprint density at radius 1 is 1.09 bits per heavy atom. The van der Waals surface area contributed by atoms with Gasteiger partial charge in [-0.3, -0.25) is 14.4 Å². The van der Waals surface area contributed by atoms with Crippen molar-refractivity contribution in [1.29, 1.82) is 0 Å². The molecule has 2 N–H and O–H groups in total. The molecule has 6 heteroatoms. The average Bonchev–Trinajstić information content (AvgIpc) is 2.49. The summed E-state index contributed by atoms with van der Waals surface area (Å²) in [6.45, 7) is 9.35. The molecular weight excluding hydrogens is 282 g/mol. The van der Waals surface area contributed by atoms with Crippen LogP contribution in [-0.2, 0) is 14.4 Å². The van der Waals surface area contributed by atoms with Gasteiger partial charge in [0.05, 0.1) is 6.54 Å². The summed E-state index contributed by atoms with van der Waals surface area (Å²) < 4.78 is 0. The third kappa shape index (κ3) is 5.66. The minimum Gasteiger partial charge on any atom is -0.356 e. The van der Waals surface area contributed by atoms with Crippen LogP contribution in [-0.4, -0.2) is 48.8 Å². The molecule has 1 saturated heterocycles. The smallest absolute Gasteiger partial charge is 0.241 e. The number of likely N-dealkylation sites (tertiary alicyclic amines) is 1. The summed E-state index contributed by atoms with van der Waals surface area (Å²) in [6.07, 6.45) is 2.31. The molecular formula is C16H29N3O3. The van der Waals surface area contributed by atoms with Crippen molar-refractivity contribution in [2.75, 3.05) is 26.2 Å². The fraction of sp³-hybridized carbons (Fsp3) is 0.812. The van der Waals surface area contributed by atoms with E-state index in [0.717, 1.165) is 6.42 Å². The molecule has 0 bridgehead atoms. The highest BCUT2D eigenvalue weighted by molar-refractivity contribution is 5.87. The van der Waals surface area contributed by atoms with Crippen molar-refractivity contribution in [3.8, 4) is 0 Å². The predicted molar refractivity (Wildman–Crippen MR) is 85.1 cm³/mol. The molecule has 3 amide bonds. The Balaban J connectivity index is 2.33. The van der Waals surface area contributed by atoms with E-state index in [9.17, 15) is 14.4 Å². The summed E-state index contributed by atoms with van der Waals surface area (Å²) in [7, 11) is 0. The van der Waals surface area contributed by atoms with Gasteiger partial charge in [-0.25, -0.2) is 0 Å². The van der Waals surface area contributed by atoms with Gasteiger partial charge in [-0.1, -0.05) is 27.7 Å². The lowest BCUT2D eigenvalue weighted by Gasteiger charge is -2.31. The van der Waals surface area contributed by atoms with Gasteiger partial charge in [-0.15, -0.1) is 0 Å². The van der Waals surface area contributed by atoms with Crippen LogP contribution >= 0.6 is 0 Å². The van der Waals surface area contributed by atoms with Crippen LogP contribution < -0.4 is 10.6 Å². The van der Waals surface area contributed by atoms with Crippen LogP contribution in [0.1, 0.15) is 47.0 Å². The van der Waals surface area contributed by atoms with Crippen LogP contribution in [0.4, 0.5) is 0 Å². The second-order valence-electron chi connectivity index (χ2n) is 6.88. The fourth-order valence-electron chi connectivity index (χ4n) is 2.32. The monoisotopic (exact) mass is 311 g/mol. The van der Waals surface area contributed by atoms with Gasteiger partial charge < -0.3 is 15.5 Å².